The van der Waals surface area contributed by atoms with Crippen LogP contribution >= 0.6 is 0 Å². The molecular weight excluding hydrogens is 424 g/mol. The van der Waals surface area contributed by atoms with Crippen LogP contribution in [0.4, 0.5) is 4.79 Å². The summed E-state index contributed by atoms with van der Waals surface area (Å²) in [5, 5.41) is 2.84. The summed E-state index contributed by atoms with van der Waals surface area (Å²) in [5.74, 6) is 0.256. The maximum atomic E-state index is 12.0. The van der Waals surface area contributed by atoms with Gasteiger partial charge in [0.15, 0.2) is 0 Å². The molecule has 1 unspecified atom stereocenters. The first-order chi connectivity index (χ1) is 16.2. The number of aliphatic imine (C=N–C) groups is 1. The van der Waals surface area contributed by atoms with E-state index in [2.05, 4.69) is 59.7 Å². The van der Waals surface area contributed by atoms with Crippen molar-refractivity contribution in [2.75, 3.05) is 13.1 Å². The summed E-state index contributed by atoms with van der Waals surface area (Å²) in [7, 11) is 0. The summed E-state index contributed by atoms with van der Waals surface area (Å²) in [6, 6.07) is 8.53. The van der Waals surface area contributed by atoms with Crippen LogP contribution in [0.3, 0.4) is 0 Å². The summed E-state index contributed by atoms with van der Waals surface area (Å²) in [6.07, 6.45) is 9.98. The first kappa shape index (κ1) is 23.9. The van der Waals surface area contributed by atoms with E-state index in [1.807, 2.05) is 26.8 Å². The number of alkyl carbamates (subject to hydrolysis) is 1. The number of nitrogens with zero attached hydrogens (tertiary/aromatic N) is 2. The van der Waals surface area contributed by atoms with Crippen LogP contribution in [0.5, 0.6) is 0 Å². The lowest BCUT2D eigenvalue weighted by atomic mass is 9.85. The predicted molar refractivity (Wildman–Crippen MR) is 137 cm³/mol. The number of fused-ring (bicyclic) bond motifs is 1. The molecule has 2 heterocycles. The fourth-order valence-corrected chi connectivity index (χ4v) is 4.46. The fourth-order valence-electron chi connectivity index (χ4n) is 4.46. The Bertz CT molecular complexity index is 1170. The van der Waals surface area contributed by atoms with Crippen molar-refractivity contribution < 1.29 is 9.53 Å². The Balaban J connectivity index is 1.66. The Morgan fingerprint density at radius 2 is 2.03 bits per heavy atom. The van der Waals surface area contributed by atoms with Crippen molar-refractivity contribution in [3.05, 3.63) is 76.5 Å². The minimum atomic E-state index is -0.518. The number of nitrogens with two attached hydrogens (primary N) is 1. The lowest BCUT2D eigenvalue weighted by molar-refractivity contribution is 0.0523. The molecule has 0 saturated carbocycles. The van der Waals surface area contributed by atoms with E-state index in [1.165, 1.54) is 5.56 Å². The third-order valence-electron chi connectivity index (χ3n) is 6.05. The second kappa shape index (κ2) is 9.94. The number of benzene rings is 1. The molecule has 0 fully saturated rings. The highest BCUT2D eigenvalue weighted by Crippen LogP contribution is 2.36. The van der Waals surface area contributed by atoms with Crippen molar-refractivity contribution >= 4 is 11.8 Å². The highest BCUT2D eigenvalue weighted by atomic mass is 16.6. The number of rotatable bonds is 5. The number of allylic oxidation sites excluding steroid dienone is 4. The normalized spacial score (nSPS) is 17.2. The van der Waals surface area contributed by atoms with Crippen molar-refractivity contribution in [3.8, 4) is 11.3 Å². The van der Waals surface area contributed by atoms with E-state index in [0.717, 1.165) is 58.7 Å². The van der Waals surface area contributed by atoms with Gasteiger partial charge in [0, 0.05) is 43.1 Å². The van der Waals surface area contributed by atoms with Crippen LogP contribution < -0.4 is 11.1 Å². The van der Waals surface area contributed by atoms with Crippen LogP contribution in [0.15, 0.2) is 53.6 Å². The minimum Gasteiger partial charge on any atom is -0.444 e. The van der Waals surface area contributed by atoms with Crippen LogP contribution in [-0.2, 0) is 17.7 Å². The summed E-state index contributed by atoms with van der Waals surface area (Å²) < 4.78 is 5.35. The van der Waals surface area contributed by atoms with Gasteiger partial charge in [-0.15, -0.1) is 0 Å². The van der Waals surface area contributed by atoms with Gasteiger partial charge >= 0.3 is 6.09 Å². The second-order valence-electron chi connectivity index (χ2n) is 9.86. The summed E-state index contributed by atoms with van der Waals surface area (Å²) in [5.41, 5.74) is 14.0. The molecule has 1 atom stereocenters. The van der Waals surface area contributed by atoms with Crippen LogP contribution in [-0.4, -0.2) is 35.5 Å². The average Bonchev–Trinajstić information content (AvgIpc) is 2.81. The van der Waals surface area contributed by atoms with Crippen molar-refractivity contribution in [3.63, 3.8) is 0 Å². The van der Waals surface area contributed by atoms with E-state index in [-0.39, 0.29) is 5.92 Å². The molecule has 178 valence electrons. The Kier molecular flexibility index (Phi) is 6.98. The Morgan fingerprint density at radius 1 is 1.21 bits per heavy atom. The second-order valence-corrected chi connectivity index (χ2v) is 9.86. The highest BCUT2D eigenvalue weighted by molar-refractivity contribution is 6.04. The average molecular weight is 459 g/mol. The molecule has 1 amide bonds. The zero-order valence-electron chi connectivity index (χ0n) is 20.5. The summed E-state index contributed by atoms with van der Waals surface area (Å²) >= 11 is 0. The van der Waals surface area contributed by atoms with Gasteiger partial charge < -0.3 is 15.8 Å². The molecule has 0 spiro atoms. The number of ether oxygens (including phenoxy) is 1. The molecule has 34 heavy (non-hydrogen) atoms. The highest BCUT2D eigenvalue weighted by Gasteiger charge is 2.23. The molecule has 3 N–H and O–H groups in total. The van der Waals surface area contributed by atoms with Crippen molar-refractivity contribution in [2.24, 2.45) is 10.7 Å². The Morgan fingerprint density at radius 3 is 2.71 bits per heavy atom. The predicted octanol–water partition coefficient (Wildman–Crippen LogP) is 4.99. The number of hydrogen-bond donors (Lipinski definition) is 2. The molecule has 4 rings (SSSR count). The number of pyridine rings is 1. The zero-order chi connectivity index (χ0) is 24.3. The van der Waals surface area contributed by atoms with Gasteiger partial charge in [-0.05, 0) is 56.9 Å². The smallest absolute Gasteiger partial charge is 0.407 e. The van der Waals surface area contributed by atoms with Crippen molar-refractivity contribution in [2.45, 2.75) is 58.6 Å². The summed E-state index contributed by atoms with van der Waals surface area (Å²) in [6.45, 7) is 9.22. The lowest BCUT2D eigenvalue weighted by Gasteiger charge is -2.24. The minimum absolute atomic E-state index is 0.256. The third-order valence-corrected chi connectivity index (χ3v) is 6.05. The monoisotopic (exact) mass is 458 g/mol. The van der Waals surface area contributed by atoms with Gasteiger partial charge in [-0.25, -0.2) is 4.79 Å². The number of aryl methyl sites for hydroxylation is 1. The SMILES string of the molecule is Cc1cc(CNC(=O)OC(C)(C)C)ccc1-c1nc2c(cc1C1C=CC=CC1)C(CN)=NCC2. The van der Waals surface area contributed by atoms with E-state index in [9.17, 15) is 4.79 Å². The molecule has 1 aromatic heterocycles. The molecule has 0 saturated heterocycles. The third kappa shape index (κ3) is 5.45. The standard InChI is InChI=1S/C28H34N4O2/c1-18-14-19(17-31-27(33)34-28(2,3)4)10-11-21(18)26-22(20-8-6-5-7-9-20)15-23-24(32-26)12-13-30-25(23)16-29/h5-8,10-11,14-15,20H,9,12-13,16-17,29H2,1-4H3,(H,31,33). The Labute approximate surface area is 202 Å². The van der Waals surface area contributed by atoms with Gasteiger partial charge in [0.1, 0.15) is 5.60 Å². The maximum Gasteiger partial charge on any atom is 0.407 e. The maximum absolute atomic E-state index is 12.0. The molecule has 1 aromatic carbocycles. The van der Waals surface area contributed by atoms with Gasteiger partial charge in [0.25, 0.3) is 0 Å². The zero-order valence-corrected chi connectivity index (χ0v) is 20.5. The molecule has 2 aromatic rings. The van der Waals surface area contributed by atoms with E-state index in [4.69, 9.17) is 15.5 Å². The number of hydrogen-bond acceptors (Lipinski definition) is 5. The topological polar surface area (TPSA) is 89.6 Å². The molecule has 0 radical (unpaired) electrons. The molecule has 1 aliphatic carbocycles. The molecule has 6 nitrogen and oxygen atoms in total. The van der Waals surface area contributed by atoms with Crippen LogP contribution in [0.1, 0.15) is 61.1 Å². The van der Waals surface area contributed by atoms with Crippen molar-refractivity contribution in [1.29, 1.82) is 0 Å². The number of nitrogens with one attached hydrogen (secondary N) is 1. The van der Waals surface area contributed by atoms with Gasteiger partial charge in [0.2, 0.25) is 0 Å². The van der Waals surface area contributed by atoms with Gasteiger partial charge in [-0.2, -0.15) is 0 Å². The van der Waals surface area contributed by atoms with Crippen LogP contribution in [0.2, 0.25) is 0 Å². The van der Waals surface area contributed by atoms with Gasteiger partial charge in [-0.1, -0.05) is 42.5 Å². The fraction of sp³-hybridized carbons (Fsp3) is 0.393. The molecular formula is C28H34N4O2. The van der Waals surface area contributed by atoms with Gasteiger partial charge in [-0.3, -0.25) is 9.98 Å². The van der Waals surface area contributed by atoms with Crippen molar-refractivity contribution in [1.82, 2.24) is 10.3 Å². The Hall–Kier alpha value is -3.25. The van der Waals surface area contributed by atoms with Crippen LogP contribution in [0, 0.1) is 6.92 Å². The van der Waals surface area contributed by atoms with E-state index in [1.54, 1.807) is 0 Å². The van der Waals surface area contributed by atoms with E-state index < -0.39 is 11.7 Å². The molecule has 0 bridgehead atoms. The first-order valence-electron chi connectivity index (χ1n) is 11.9. The molecule has 2 aliphatic rings. The lowest BCUT2D eigenvalue weighted by Crippen LogP contribution is -2.32. The number of carbonyl (C=O) groups excluding carboxylic acids is 1. The number of amides is 1. The number of carbonyl (C=O) groups is 1. The molecule has 6 heteroatoms. The largest absolute Gasteiger partial charge is 0.444 e. The molecule has 1 aliphatic heterocycles. The van der Waals surface area contributed by atoms with E-state index >= 15 is 0 Å². The summed E-state index contributed by atoms with van der Waals surface area (Å²) in [4.78, 5) is 21.9. The quantitative estimate of drug-likeness (QED) is 0.661. The van der Waals surface area contributed by atoms with Gasteiger partial charge in [0.05, 0.1) is 17.1 Å². The van der Waals surface area contributed by atoms with E-state index in [0.29, 0.717) is 13.1 Å². The number of aromatic nitrogens is 1. The first-order valence-corrected chi connectivity index (χ1v) is 11.9. The van der Waals surface area contributed by atoms with Crippen LogP contribution in [0.25, 0.3) is 11.3 Å².